The molecular weight excluding hydrogens is 378 g/mol. The minimum atomic E-state index is 0.682. The van der Waals surface area contributed by atoms with Gasteiger partial charge in [-0.25, -0.2) is 15.0 Å². The molecule has 3 heteroatoms. The number of hydrogen-bond donors (Lipinski definition) is 0. The highest BCUT2D eigenvalue weighted by atomic mass is 15.0. The lowest BCUT2D eigenvalue weighted by Gasteiger charge is -2.11. The Morgan fingerprint density at radius 2 is 0.774 bits per heavy atom. The van der Waals surface area contributed by atoms with E-state index < -0.39 is 0 Å². The van der Waals surface area contributed by atoms with Crippen LogP contribution < -0.4 is 0 Å². The number of aryl methyl sites for hydroxylation is 1. The Labute approximate surface area is 182 Å². The van der Waals surface area contributed by atoms with Gasteiger partial charge in [-0.1, -0.05) is 91.0 Å². The van der Waals surface area contributed by atoms with E-state index in [9.17, 15) is 0 Å². The van der Waals surface area contributed by atoms with Gasteiger partial charge in [0.25, 0.3) is 0 Å². The van der Waals surface area contributed by atoms with Crippen molar-refractivity contribution in [2.45, 2.75) is 6.92 Å². The number of aromatic nitrogens is 3. The summed E-state index contributed by atoms with van der Waals surface area (Å²) in [5.74, 6) is 2.08. The zero-order chi connectivity index (χ0) is 21.0. The fourth-order valence-electron chi connectivity index (χ4n) is 3.68. The summed E-state index contributed by atoms with van der Waals surface area (Å²) in [5, 5.41) is 0. The maximum absolute atomic E-state index is 4.82. The third kappa shape index (κ3) is 4.12. The molecule has 0 radical (unpaired) electrons. The first-order valence-corrected chi connectivity index (χ1v) is 10.3. The third-order valence-electron chi connectivity index (χ3n) is 5.18. The molecule has 31 heavy (non-hydrogen) atoms. The highest BCUT2D eigenvalue weighted by Gasteiger charge is 2.12. The summed E-state index contributed by atoms with van der Waals surface area (Å²) >= 11 is 0. The highest BCUT2D eigenvalue weighted by molar-refractivity contribution is 5.79. The Hall–Kier alpha value is -4.11. The van der Waals surface area contributed by atoms with Gasteiger partial charge < -0.3 is 0 Å². The van der Waals surface area contributed by atoms with E-state index in [1.165, 1.54) is 0 Å². The molecule has 0 amide bonds. The van der Waals surface area contributed by atoms with Crippen molar-refractivity contribution < 1.29 is 0 Å². The summed E-state index contributed by atoms with van der Waals surface area (Å²) < 4.78 is 0. The molecular formula is C28H21N3. The Morgan fingerprint density at radius 3 is 1.26 bits per heavy atom. The zero-order valence-electron chi connectivity index (χ0n) is 17.2. The fourth-order valence-corrected chi connectivity index (χ4v) is 3.68. The number of nitrogens with zero attached hydrogens (tertiary/aromatic N) is 3. The quantitative estimate of drug-likeness (QED) is 0.332. The largest absolute Gasteiger partial charge is 0.213 e. The predicted octanol–water partition coefficient (Wildman–Crippen LogP) is 6.85. The minimum Gasteiger partial charge on any atom is -0.213 e. The molecule has 5 aromatic rings. The molecule has 0 aliphatic rings. The molecule has 5 rings (SSSR count). The van der Waals surface area contributed by atoms with Gasteiger partial charge in [0.1, 0.15) is 5.82 Å². The first-order valence-electron chi connectivity index (χ1n) is 10.3. The van der Waals surface area contributed by atoms with Gasteiger partial charge >= 0.3 is 0 Å². The van der Waals surface area contributed by atoms with Gasteiger partial charge in [0, 0.05) is 11.1 Å². The monoisotopic (exact) mass is 399 g/mol. The van der Waals surface area contributed by atoms with E-state index in [4.69, 9.17) is 4.98 Å². The van der Waals surface area contributed by atoms with Crippen molar-refractivity contribution in [3.8, 4) is 45.0 Å². The van der Waals surface area contributed by atoms with Crippen molar-refractivity contribution in [3.63, 3.8) is 0 Å². The van der Waals surface area contributed by atoms with Crippen molar-refractivity contribution in [2.75, 3.05) is 0 Å². The van der Waals surface area contributed by atoms with Crippen LogP contribution >= 0.6 is 0 Å². The summed E-state index contributed by atoms with van der Waals surface area (Å²) in [6, 6.07) is 37.4. The first kappa shape index (κ1) is 18.9. The number of rotatable bonds is 4. The molecule has 0 spiro atoms. The maximum Gasteiger partial charge on any atom is 0.163 e. The zero-order valence-corrected chi connectivity index (χ0v) is 17.2. The van der Waals surface area contributed by atoms with E-state index in [0.29, 0.717) is 17.5 Å². The molecule has 0 N–H and O–H groups in total. The summed E-state index contributed by atoms with van der Waals surface area (Å²) in [5.41, 5.74) is 6.55. The molecule has 148 valence electrons. The van der Waals surface area contributed by atoms with Crippen LogP contribution in [0.3, 0.4) is 0 Å². The van der Waals surface area contributed by atoms with Crippen LogP contribution in [-0.4, -0.2) is 15.0 Å². The minimum absolute atomic E-state index is 0.682. The van der Waals surface area contributed by atoms with Crippen molar-refractivity contribution in [3.05, 3.63) is 115 Å². The lowest BCUT2D eigenvalue weighted by Crippen LogP contribution is -2.00. The van der Waals surface area contributed by atoms with Gasteiger partial charge in [0.2, 0.25) is 0 Å². The number of benzene rings is 4. The molecule has 3 nitrogen and oxygen atoms in total. The molecule has 0 unspecified atom stereocenters. The van der Waals surface area contributed by atoms with Gasteiger partial charge in [-0.2, -0.15) is 0 Å². The Bertz CT molecular complexity index is 1260. The van der Waals surface area contributed by atoms with E-state index in [2.05, 4.69) is 76.7 Å². The fraction of sp³-hybridized carbons (Fsp3) is 0.0357. The summed E-state index contributed by atoms with van der Waals surface area (Å²) in [6.07, 6.45) is 0. The van der Waals surface area contributed by atoms with Crippen LogP contribution in [0.1, 0.15) is 5.82 Å². The van der Waals surface area contributed by atoms with Crippen molar-refractivity contribution >= 4 is 0 Å². The molecule has 0 saturated heterocycles. The van der Waals surface area contributed by atoms with Gasteiger partial charge in [0.15, 0.2) is 11.6 Å². The van der Waals surface area contributed by atoms with Crippen LogP contribution in [-0.2, 0) is 0 Å². The molecule has 1 aromatic heterocycles. The van der Waals surface area contributed by atoms with Crippen LogP contribution in [0.15, 0.2) is 109 Å². The van der Waals surface area contributed by atoms with Crippen LogP contribution in [0, 0.1) is 6.92 Å². The molecule has 0 saturated carbocycles. The molecule has 0 bridgehead atoms. The van der Waals surface area contributed by atoms with Crippen LogP contribution in [0.25, 0.3) is 45.0 Å². The SMILES string of the molecule is Cc1nc(-c2ccccc2)nc(-c2cc(-c3ccccc3)cc(-c3ccccc3)c2)n1. The second-order valence-corrected chi connectivity index (χ2v) is 7.43. The van der Waals surface area contributed by atoms with Gasteiger partial charge in [0.05, 0.1) is 0 Å². The van der Waals surface area contributed by atoms with Crippen LogP contribution in [0.5, 0.6) is 0 Å². The molecule has 0 aliphatic carbocycles. The predicted molar refractivity (Wildman–Crippen MR) is 126 cm³/mol. The van der Waals surface area contributed by atoms with Crippen LogP contribution in [0.4, 0.5) is 0 Å². The van der Waals surface area contributed by atoms with Crippen LogP contribution in [0.2, 0.25) is 0 Å². The lowest BCUT2D eigenvalue weighted by molar-refractivity contribution is 0.992. The molecule has 0 aliphatic heterocycles. The molecule has 0 atom stereocenters. The third-order valence-corrected chi connectivity index (χ3v) is 5.18. The van der Waals surface area contributed by atoms with Gasteiger partial charge in [-0.15, -0.1) is 0 Å². The summed E-state index contributed by atoms with van der Waals surface area (Å²) in [7, 11) is 0. The van der Waals surface area contributed by atoms with Gasteiger partial charge in [-0.3, -0.25) is 0 Å². The van der Waals surface area contributed by atoms with E-state index in [0.717, 1.165) is 33.4 Å². The highest BCUT2D eigenvalue weighted by Crippen LogP contribution is 2.32. The van der Waals surface area contributed by atoms with E-state index >= 15 is 0 Å². The van der Waals surface area contributed by atoms with Crippen molar-refractivity contribution in [2.24, 2.45) is 0 Å². The van der Waals surface area contributed by atoms with Crippen molar-refractivity contribution in [1.82, 2.24) is 15.0 Å². The Morgan fingerprint density at radius 1 is 0.387 bits per heavy atom. The maximum atomic E-state index is 4.82. The van der Waals surface area contributed by atoms with E-state index in [1.54, 1.807) is 0 Å². The molecule has 0 fully saturated rings. The Balaban J connectivity index is 1.70. The average Bonchev–Trinajstić information content (AvgIpc) is 2.85. The van der Waals surface area contributed by atoms with Crippen molar-refractivity contribution in [1.29, 1.82) is 0 Å². The second-order valence-electron chi connectivity index (χ2n) is 7.43. The molecule has 1 heterocycles. The second kappa shape index (κ2) is 8.33. The topological polar surface area (TPSA) is 38.7 Å². The average molecular weight is 399 g/mol. The van der Waals surface area contributed by atoms with E-state index in [-0.39, 0.29) is 0 Å². The summed E-state index contributed by atoms with van der Waals surface area (Å²) in [4.78, 5) is 14.1. The summed E-state index contributed by atoms with van der Waals surface area (Å²) in [6.45, 7) is 1.91. The first-order chi connectivity index (χ1) is 15.3. The van der Waals surface area contributed by atoms with E-state index in [1.807, 2.05) is 49.4 Å². The lowest BCUT2D eigenvalue weighted by atomic mass is 9.96. The molecule has 4 aromatic carbocycles. The van der Waals surface area contributed by atoms with Gasteiger partial charge in [-0.05, 0) is 47.4 Å². The Kier molecular flexibility index (Phi) is 5.07. The standard InChI is InChI=1S/C28H21N3/c1-20-29-27(23-15-9-4-10-16-23)31-28(30-20)26-18-24(21-11-5-2-6-12-21)17-25(19-26)22-13-7-3-8-14-22/h2-19H,1H3. The smallest absolute Gasteiger partial charge is 0.163 e. The number of hydrogen-bond acceptors (Lipinski definition) is 3. The normalized spacial score (nSPS) is 10.7.